The standard InChI is InChI=1S/C23H29FN6O/c1-2-27-14-16-28(17-15-27)11-5-10-25-22(31)21-18-26-30(20-8-6-19(24)7-9-20)23(21)29-12-3-4-13-29/h3-4,6-9,12-13,18H,2,5,10-11,14-17H2,1H3,(H,25,31). The van der Waals surface area contributed by atoms with Crippen molar-refractivity contribution in [2.45, 2.75) is 13.3 Å². The summed E-state index contributed by atoms with van der Waals surface area (Å²) in [4.78, 5) is 17.8. The van der Waals surface area contributed by atoms with E-state index in [4.69, 9.17) is 0 Å². The zero-order valence-corrected chi connectivity index (χ0v) is 17.9. The van der Waals surface area contributed by atoms with Crippen LogP contribution in [0.1, 0.15) is 23.7 Å². The van der Waals surface area contributed by atoms with Gasteiger partial charge < -0.3 is 19.7 Å². The Kier molecular flexibility index (Phi) is 6.79. The van der Waals surface area contributed by atoms with Crippen LogP contribution in [-0.2, 0) is 0 Å². The van der Waals surface area contributed by atoms with E-state index in [0.717, 1.165) is 45.7 Å². The molecule has 7 nitrogen and oxygen atoms in total. The van der Waals surface area contributed by atoms with E-state index in [0.29, 0.717) is 23.6 Å². The number of hydrogen-bond donors (Lipinski definition) is 1. The Morgan fingerprint density at radius 1 is 1.06 bits per heavy atom. The Morgan fingerprint density at radius 2 is 1.74 bits per heavy atom. The number of halogens is 1. The number of aromatic nitrogens is 3. The van der Waals surface area contributed by atoms with Gasteiger partial charge >= 0.3 is 0 Å². The minimum absolute atomic E-state index is 0.159. The van der Waals surface area contributed by atoms with E-state index in [-0.39, 0.29) is 11.7 Å². The van der Waals surface area contributed by atoms with Crippen molar-refractivity contribution in [3.63, 3.8) is 0 Å². The van der Waals surface area contributed by atoms with Crippen LogP contribution in [-0.4, -0.2) is 75.9 Å². The van der Waals surface area contributed by atoms with Gasteiger partial charge in [-0.1, -0.05) is 6.92 Å². The molecule has 1 saturated heterocycles. The number of amides is 1. The second kappa shape index (κ2) is 9.89. The average molecular weight is 425 g/mol. The molecule has 31 heavy (non-hydrogen) atoms. The van der Waals surface area contributed by atoms with Crippen LogP contribution < -0.4 is 5.32 Å². The van der Waals surface area contributed by atoms with Crippen LogP contribution >= 0.6 is 0 Å². The van der Waals surface area contributed by atoms with Gasteiger partial charge in [-0.05, 0) is 55.9 Å². The van der Waals surface area contributed by atoms with E-state index in [1.54, 1.807) is 23.0 Å². The van der Waals surface area contributed by atoms with Crippen molar-refractivity contribution in [3.05, 3.63) is 66.4 Å². The largest absolute Gasteiger partial charge is 0.352 e. The lowest BCUT2D eigenvalue weighted by atomic mass is 10.2. The third-order valence-corrected chi connectivity index (χ3v) is 5.76. The first-order valence-electron chi connectivity index (χ1n) is 10.9. The van der Waals surface area contributed by atoms with Crippen LogP contribution in [0.15, 0.2) is 55.0 Å². The lowest BCUT2D eigenvalue weighted by Gasteiger charge is -2.33. The molecule has 0 aliphatic carbocycles. The van der Waals surface area contributed by atoms with Gasteiger partial charge in [0.15, 0.2) is 5.82 Å². The lowest BCUT2D eigenvalue weighted by molar-refractivity contribution is 0.0948. The summed E-state index contributed by atoms with van der Waals surface area (Å²) in [7, 11) is 0. The van der Waals surface area contributed by atoms with E-state index in [9.17, 15) is 9.18 Å². The van der Waals surface area contributed by atoms with Gasteiger partial charge in [0.2, 0.25) is 0 Å². The summed E-state index contributed by atoms with van der Waals surface area (Å²) in [6, 6.07) is 9.85. The first-order valence-corrected chi connectivity index (χ1v) is 10.9. The fourth-order valence-corrected chi connectivity index (χ4v) is 3.93. The summed E-state index contributed by atoms with van der Waals surface area (Å²) < 4.78 is 16.8. The lowest BCUT2D eigenvalue weighted by Crippen LogP contribution is -2.46. The summed E-state index contributed by atoms with van der Waals surface area (Å²) in [5.41, 5.74) is 1.17. The first kappa shape index (κ1) is 21.3. The average Bonchev–Trinajstić information content (AvgIpc) is 3.47. The minimum atomic E-state index is -0.313. The highest BCUT2D eigenvalue weighted by molar-refractivity contribution is 5.97. The van der Waals surface area contributed by atoms with Gasteiger partial charge in [0, 0.05) is 45.1 Å². The highest BCUT2D eigenvalue weighted by Crippen LogP contribution is 2.20. The molecule has 1 aliphatic heterocycles. The molecular weight excluding hydrogens is 395 g/mol. The van der Waals surface area contributed by atoms with Gasteiger partial charge in [-0.15, -0.1) is 0 Å². The maximum atomic E-state index is 13.3. The molecule has 3 heterocycles. The van der Waals surface area contributed by atoms with E-state index in [1.165, 1.54) is 12.1 Å². The molecule has 4 rings (SSSR count). The molecule has 1 N–H and O–H groups in total. The number of piperazine rings is 1. The highest BCUT2D eigenvalue weighted by atomic mass is 19.1. The second-order valence-corrected chi connectivity index (χ2v) is 7.75. The van der Waals surface area contributed by atoms with Crippen molar-refractivity contribution in [2.24, 2.45) is 0 Å². The topological polar surface area (TPSA) is 58.3 Å². The highest BCUT2D eigenvalue weighted by Gasteiger charge is 2.20. The number of carbonyl (C=O) groups excluding carboxylic acids is 1. The summed E-state index contributed by atoms with van der Waals surface area (Å²) in [5, 5.41) is 7.44. The molecule has 1 aromatic carbocycles. The molecule has 8 heteroatoms. The van der Waals surface area contributed by atoms with E-state index in [1.807, 2.05) is 29.1 Å². The maximum Gasteiger partial charge on any atom is 0.256 e. The number of nitrogens with zero attached hydrogens (tertiary/aromatic N) is 5. The molecule has 0 radical (unpaired) electrons. The monoisotopic (exact) mass is 424 g/mol. The van der Waals surface area contributed by atoms with Gasteiger partial charge in [0.1, 0.15) is 11.4 Å². The van der Waals surface area contributed by atoms with E-state index < -0.39 is 0 Å². The molecule has 0 unspecified atom stereocenters. The minimum Gasteiger partial charge on any atom is -0.352 e. The van der Waals surface area contributed by atoms with Crippen LogP contribution in [0.4, 0.5) is 4.39 Å². The number of carbonyl (C=O) groups is 1. The molecule has 1 amide bonds. The summed E-state index contributed by atoms with van der Waals surface area (Å²) >= 11 is 0. The number of rotatable bonds is 8. The van der Waals surface area contributed by atoms with Gasteiger partial charge in [-0.25, -0.2) is 9.07 Å². The number of benzene rings is 1. The zero-order chi connectivity index (χ0) is 21.6. The summed E-state index contributed by atoms with van der Waals surface area (Å²) in [6.45, 7) is 9.31. The Morgan fingerprint density at radius 3 is 2.42 bits per heavy atom. The number of likely N-dealkylation sites (N-methyl/N-ethyl adjacent to an activating group) is 1. The molecule has 1 aliphatic rings. The Hall–Kier alpha value is -2.97. The normalized spacial score (nSPS) is 15.3. The van der Waals surface area contributed by atoms with Gasteiger partial charge in [-0.2, -0.15) is 5.10 Å². The van der Waals surface area contributed by atoms with Crippen LogP contribution in [0, 0.1) is 5.82 Å². The molecule has 164 valence electrons. The van der Waals surface area contributed by atoms with Crippen molar-refractivity contribution >= 4 is 5.91 Å². The quantitative estimate of drug-likeness (QED) is 0.565. The Bertz CT molecular complexity index is 974. The van der Waals surface area contributed by atoms with Crippen molar-refractivity contribution in [2.75, 3.05) is 45.8 Å². The van der Waals surface area contributed by atoms with Crippen LogP contribution in [0.5, 0.6) is 0 Å². The summed E-state index contributed by atoms with van der Waals surface area (Å²) in [6.07, 6.45) is 6.20. The number of hydrogen-bond acceptors (Lipinski definition) is 4. The van der Waals surface area contributed by atoms with E-state index in [2.05, 4.69) is 27.1 Å². The van der Waals surface area contributed by atoms with Crippen molar-refractivity contribution in [3.8, 4) is 11.5 Å². The SMILES string of the molecule is CCN1CCN(CCCNC(=O)c2cnn(-c3ccc(F)cc3)c2-n2cccc2)CC1. The molecule has 2 aromatic heterocycles. The molecule has 1 fully saturated rings. The fourth-order valence-electron chi connectivity index (χ4n) is 3.93. The van der Waals surface area contributed by atoms with Crippen LogP contribution in [0.2, 0.25) is 0 Å². The maximum absolute atomic E-state index is 13.3. The zero-order valence-electron chi connectivity index (χ0n) is 17.9. The summed E-state index contributed by atoms with van der Waals surface area (Å²) in [5.74, 6) is 0.158. The molecular formula is C23H29FN6O. The van der Waals surface area contributed by atoms with E-state index >= 15 is 0 Å². The number of nitrogens with one attached hydrogen (secondary N) is 1. The van der Waals surface area contributed by atoms with Crippen molar-refractivity contribution in [1.82, 2.24) is 29.5 Å². The van der Waals surface area contributed by atoms with Crippen LogP contribution in [0.3, 0.4) is 0 Å². The predicted octanol–water partition coefficient (Wildman–Crippen LogP) is 2.56. The molecule has 0 atom stereocenters. The molecule has 0 spiro atoms. The Labute approximate surface area is 182 Å². The van der Waals surface area contributed by atoms with Gasteiger partial charge in [-0.3, -0.25) is 4.79 Å². The molecule has 0 saturated carbocycles. The van der Waals surface area contributed by atoms with Crippen LogP contribution in [0.25, 0.3) is 11.5 Å². The van der Waals surface area contributed by atoms with Crippen molar-refractivity contribution < 1.29 is 9.18 Å². The molecule has 3 aromatic rings. The predicted molar refractivity (Wildman–Crippen MR) is 118 cm³/mol. The third-order valence-electron chi connectivity index (χ3n) is 5.76. The van der Waals surface area contributed by atoms with Gasteiger partial charge in [0.25, 0.3) is 5.91 Å². The third kappa shape index (κ3) is 5.03. The fraction of sp³-hybridized carbons (Fsp3) is 0.391. The second-order valence-electron chi connectivity index (χ2n) is 7.75. The first-order chi connectivity index (χ1) is 15.2. The van der Waals surface area contributed by atoms with Crippen molar-refractivity contribution in [1.29, 1.82) is 0 Å². The molecule has 0 bridgehead atoms. The van der Waals surface area contributed by atoms with Gasteiger partial charge in [0.05, 0.1) is 11.9 Å². The Balaban J connectivity index is 1.40. The smallest absolute Gasteiger partial charge is 0.256 e.